The van der Waals surface area contributed by atoms with Crippen LogP contribution in [0.4, 0.5) is 9.18 Å². The van der Waals surface area contributed by atoms with E-state index in [1.54, 1.807) is 12.1 Å². The van der Waals surface area contributed by atoms with Gasteiger partial charge in [-0.05, 0) is 83.0 Å². The molecule has 3 fully saturated rings. The Labute approximate surface area is 258 Å². The van der Waals surface area contributed by atoms with Crippen LogP contribution in [0, 0.1) is 23.1 Å². The molecule has 1 saturated carbocycles. The van der Waals surface area contributed by atoms with Crippen LogP contribution in [0.5, 0.6) is 0 Å². The number of carbonyl (C=O) groups excluding carboxylic acids is 3. The second-order valence-electron chi connectivity index (χ2n) is 14.6. The molecule has 8 nitrogen and oxygen atoms in total. The summed E-state index contributed by atoms with van der Waals surface area (Å²) < 4.78 is 13.7. The molecule has 2 heterocycles. The molecule has 4 rings (SSSR count). The Bertz CT molecular complexity index is 1100. The molecule has 1 aromatic carbocycles. The number of rotatable bonds is 7. The van der Waals surface area contributed by atoms with Gasteiger partial charge in [-0.15, -0.1) is 0 Å². The minimum atomic E-state index is -0.777. The van der Waals surface area contributed by atoms with Gasteiger partial charge < -0.3 is 20.4 Å². The Morgan fingerprint density at radius 3 is 2.16 bits per heavy atom. The molecular formula is C34H54FN5O3. The fraction of sp³-hybridized carbons (Fsp3) is 0.735. The van der Waals surface area contributed by atoms with Crippen LogP contribution in [0.3, 0.4) is 0 Å². The summed E-state index contributed by atoms with van der Waals surface area (Å²) in [6, 6.07) is 5.36. The minimum absolute atomic E-state index is 0.116. The maximum absolute atomic E-state index is 14.1. The summed E-state index contributed by atoms with van der Waals surface area (Å²) >= 11 is 0. The van der Waals surface area contributed by atoms with Gasteiger partial charge in [0.2, 0.25) is 11.8 Å². The number of likely N-dealkylation sites (N-methyl/N-ethyl adjacent to an activating group) is 1. The molecule has 9 heteroatoms. The van der Waals surface area contributed by atoms with Crippen LogP contribution in [-0.2, 0) is 16.0 Å². The van der Waals surface area contributed by atoms with Gasteiger partial charge in [0.25, 0.3) is 0 Å². The van der Waals surface area contributed by atoms with E-state index in [4.69, 9.17) is 0 Å². The van der Waals surface area contributed by atoms with Crippen LogP contribution in [0.1, 0.15) is 85.1 Å². The first-order valence-corrected chi connectivity index (χ1v) is 16.4. The zero-order valence-corrected chi connectivity index (χ0v) is 27.3. The first-order chi connectivity index (χ1) is 20.3. The van der Waals surface area contributed by atoms with Crippen LogP contribution in [0.25, 0.3) is 0 Å². The van der Waals surface area contributed by atoms with Crippen LogP contribution in [0.2, 0.25) is 0 Å². The number of nitrogens with zero attached hydrogens (tertiary/aromatic N) is 3. The highest BCUT2D eigenvalue weighted by molar-refractivity contribution is 5.88. The van der Waals surface area contributed by atoms with Gasteiger partial charge in [-0.1, -0.05) is 45.2 Å². The third-order valence-corrected chi connectivity index (χ3v) is 10.00. The monoisotopic (exact) mass is 599 g/mol. The highest BCUT2D eigenvalue weighted by Crippen LogP contribution is 2.46. The quantitative estimate of drug-likeness (QED) is 0.471. The van der Waals surface area contributed by atoms with E-state index in [0.717, 1.165) is 37.8 Å². The van der Waals surface area contributed by atoms with Gasteiger partial charge >= 0.3 is 6.03 Å². The van der Waals surface area contributed by atoms with E-state index in [2.05, 4.69) is 36.4 Å². The van der Waals surface area contributed by atoms with E-state index in [-0.39, 0.29) is 41.7 Å². The lowest BCUT2D eigenvalue weighted by atomic mass is 9.63. The molecule has 4 amide bonds. The van der Waals surface area contributed by atoms with Crippen LogP contribution in [0.15, 0.2) is 24.3 Å². The van der Waals surface area contributed by atoms with E-state index >= 15 is 0 Å². The summed E-state index contributed by atoms with van der Waals surface area (Å²) in [4.78, 5) is 47.4. The Kier molecular flexibility index (Phi) is 10.8. The van der Waals surface area contributed by atoms with Crippen molar-refractivity contribution in [3.05, 3.63) is 35.6 Å². The summed E-state index contributed by atoms with van der Waals surface area (Å²) in [5.74, 6) is 0.356. The first-order valence-electron chi connectivity index (χ1n) is 16.4. The van der Waals surface area contributed by atoms with Gasteiger partial charge in [0.1, 0.15) is 11.9 Å². The van der Waals surface area contributed by atoms with Crippen molar-refractivity contribution in [2.75, 3.05) is 39.8 Å². The molecule has 3 aliphatic rings. The van der Waals surface area contributed by atoms with Gasteiger partial charge in [0.15, 0.2) is 0 Å². The number of nitrogens with one attached hydrogen (secondary N) is 2. The Morgan fingerprint density at radius 1 is 0.953 bits per heavy atom. The van der Waals surface area contributed by atoms with Gasteiger partial charge in [0.05, 0.1) is 5.41 Å². The highest BCUT2D eigenvalue weighted by Gasteiger charge is 2.49. The molecule has 1 aliphatic carbocycles. The third-order valence-electron chi connectivity index (χ3n) is 10.00. The van der Waals surface area contributed by atoms with Crippen molar-refractivity contribution in [2.24, 2.45) is 17.3 Å². The number of likely N-dealkylation sites (tertiary alicyclic amines) is 1. The van der Waals surface area contributed by atoms with Gasteiger partial charge in [-0.25, -0.2) is 9.18 Å². The largest absolute Gasteiger partial charge is 0.351 e. The first kappa shape index (κ1) is 33.2. The summed E-state index contributed by atoms with van der Waals surface area (Å²) in [6.45, 7) is 13.3. The molecule has 0 bridgehead atoms. The molecule has 2 N–H and O–H groups in total. The van der Waals surface area contributed by atoms with Gasteiger partial charge in [-0.2, -0.15) is 0 Å². The molecule has 2 atom stereocenters. The average Bonchev–Trinajstić information content (AvgIpc) is 2.97. The zero-order valence-electron chi connectivity index (χ0n) is 27.3. The number of urea groups is 1. The summed E-state index contributed by atoms with van der Waals surface area (Å²) in [5, 5.41) is 6.33. The maximum Gasteiger partial charge on any atom is 0.318 e. The maximum atomic E-state index is 14.1. The molecular weight excluding hydrogens is 545 g/mol. The number of halogens is 1. The predicted molar refractivity (Wildman–Crippen MR) is 168 cm³/mol. The third kappa shape index (κ3) is 8.28. The molecule has 43 heavy (non-hydrogen) atoms. The Balaban J connectivity index is 1.50. The van der Waals surface area contributed by atoms with Crippen molar-refractivity contribution in [1.82, 2.24) is 25.3 Å². The number of hydrogen-bond acceptors (Lipinski definition) is 4. The molecule has 1 unspecified atom stereocenters. The van der Waals surface area contributed by atoms with Gasteiger partial charge in [-0.3, -0.25) is 14.5 Å². The normalized spacial score (nSPS) is 22.7. The van der Waals surface area contributed by atoms with Crippen molar-refractivity contribution in [3.63, 3.8) is 0 Å². The van der Waals surface area contributed by atoms with E-state index in [0.29, 0.717) is 50.9 Å². The molecule has 240 valence electrons. The average molecular weight is 600 g/mol. The highest BCUT2D eigenvalue weighted by atomic mass is 19.1. The summed E-state index contributed by atoms with van der Waals surface area (Å²) in [7, 11) is 2.09. The lowest BCUT2D eigenvalue weighted by Gasteiger charge is -2.48. The zero-order chi connectivity index (χ0) is 31.4. The molecule has 2 aliphatic heterocycles. The standard InChI is InChI=1S/C34H54FN5O3/c1-24(2)29-23-40(21-20-38(29)6)32(43)36-28(22-25-12-14-27(35)15-13-25)30(41)39-18-16-34(17-19-39,26-10-8-7-9-11-26)31(42)37-33(3,4)5/h12-15,24,26,28-29H,7-11,16-23H2,1-6H3,(H,36,43)(H,37,42)/t28?,29-/m0/s1. The van der Waals surface area contributed by atoms with Crippen molar-refractivity contribution >= 4 is 17.8 Å². The van der Waals surface area contributed by atoms with Crippen molar-refractivity contribution < 1.29 is 18.8 Å². The minimum Gasteiger partial charge on any atom is -0.351 e. The fourth-order valence-electron chi connectivity index (χ4n) is 7.39. The second-order valence-corrected chi connectivity index (χ2v) is 14.6. The van der Waals surface area contributed by atoms with Crippen LogP contribution >= 0.6 is 0 Å². The Hall–Kier alpha value is -2.68. The number of piperazine rings is 1. The number of benzene rings is 1. The van der Waals surface area contributed by atoms with Gasteiger partial charge in [0, 0.05) is 50.7 Å². The molecule has 0 spiro atoms. The van der Waals surface area contributed by atoms with E-state index in [1.165, 1.54) is 18.6 Å². The number of hydrogen-bond donors (Lipinski definition) is 2. The lowest BCUT2D eigenvalue weighted by Crippen LogP contribution is -2.61. The fourth-order valence-corrected chi connectivity index (χ4v) is 7.39. The van der Waals surface area contributed by atoms with Crippen LogP contribution in [-0.4, -0.2) is 89.9 Å². The summed E-state index contributed by atoms with van der Waals surface area (Å²) in [5.41, 5.74) is -0.0171. The van der Waals surface area contributed by atoms with Crippen LogP contribution < -0.4 is 10.6 Å². The second kappa shape index (κ2) is 14.0. The van der Waals surface area contributed by atoms with E-state index in [1.807, 2.05) is 30.6 Å². The molecule has 0 radical (unpaired) electrons. The molecule has 0 aromatic heterocycles. The predicted octanol–water partition coefficient (Wildman–Crippen LogP) is 4.82. The van der Waals surface area contributed by atoms with E-state index in [9.17, 15) is 18.8 Å². The Morgan fingerprint density at radius 2 is 1.58 bits per heavy atom. The number of amides is 4. The van der Waals surface area contributed by atoms with E-state index < -0.39 is 11.5 Å². The lowest BCUT2D eigenvalue weighted by molar-refractivity contribution is -0.147. The van der Waals surface area contributed by atoms with Crippen molar-refractivity contribution in [3.8, 4) is 0 Å². The van der Waals surface area contributed by atoms with Crippen molar-refractivity contribution in [2.45, 2.75) is 104 Å². The SMILES string of the molecule is CC(C)[C@@H]1CN(C(=O)NC(Cc2ccc(F)cc2)C(=O)N2CCC(C(=O)NC(C)(C)C)(C3CCCCC3)CC2)CCN1C. The molecule has 2 saturated heterocycles. The van der Waals surface area contributed by atoms with Crippen molar-refractivity contribution in [1.29, 1.82) is 0 Å². The number of piperidine rings is 1. The topological polar surface area (TPSA) is 85.0 Å². The summed E-state index contributed by atoms with van der Waals surface area (Å²) in [6.07, 6.45) is 7.14. The smallest absolute Gasteiger partial charge is 0.318 e. The number of carbonyl (C=O) groups is 3. The molecule has 1 aromatic rings.